The van der Waals surface area contributed by atoms with Crippen molar-refractivity contribution in [3.63, 3.8) is 0 Å². The van der Waals surface area contributed by atoms with Gasteiger partial charge in [0.1, 0.15) is 0 Å². The van der Waals surface area contributed by atoms with Gasteiger partial charge in [0.15, 0.2) is 17.5 Å². The van der Waals surface area contributed by atoms with Crippen LogP contribution in [0.25, 0.3) is 0 Å². The van der Waals surface area contributed by atoms with Crippen molar-refractivity contribution in [2.75, 3.05) is 59.7 Å². The van der Waals surface area contributed by atoms with Crippen LogP contribution in [0.3, 0.4) is 0 Å². The lowest BCUT2D eigenvalue weighted by Crippen LogP contribution is -2.44. The number of aliphatic imine (C=N–C) groups is 1. The quantitative estimate of drug-likeness (QED) is 0.511. The predicted octanol–water partition coefficient (Wildman–Crippen LogP) is 1.48. The molecule has 1 heterocycles. The van der Waals surface area contributed by atoms with Gasteiger partial charge < -0.3 is 24.8 Å². The fourth-order valence-corrected chi connectivity index (χ4v) is 2.76. The lowest BCUT2D eigenvalue weighted by atomic mass is 10.2. The van der Waals surface area contributed by atoms with E-state index in [4.69, 9.17) is 14.2 Å². The molecule has 0 spiro atoms. The normalized spacial score (nSPS) is 15.6. The van der Waals surface area contributed by atoms with Crippen molar-refractivity contribution >= 4 is 5.96 Å². The Hall–Kier alpha value is -1.99. The molecule has 7 nitrogen and oxygen atoms in total. The smallest absolute Gasteiger partial charge is 0.191 e. The average molecular weight is 364 g/mol. The Balaban J connectivity index is 1.89. The minimum atomic E-state index is 0.580. The first kappa shape index (κ1) is 20.3. The average Bonchev–Trinajstić information content (AvgIpc) is 2.67. The predicted molar refractivity (Wildman–Crippen MR) is 104 cm³/mol. The molecule has 1 aliphatic heterocycles. The number of guanidine groups is 1. The number of hydrogen-bond donors (Lipinski definition) is 2. The van der Waals surface area contributed by atoms with Gasteiger partial charge in [-0.25, -0.2) is 4.99 Å². The van der Waals surface area contributed by atoms with E-state index in [1.54, 1.807) is 7.11 Å². The Morgan fingerprint density at radius 2 is 2.00 bits per heavy atom. The van der Waals surface area contributed by atoms with Crippen molar-refractivity contribution in [3.8, 4) is 11.5 Å². The van der Waals surface area contributed by atoms with Crippen LogP contribution in [-0.4, -0.2) is 70.5 Å². The molecule has 1 aromatic rings. The molecule has 1 aromatic carbocycles. The van der Waals surface area contributed by atoms with Crippen molar-refractivity contribution in [1.29, 1.82) is 0 Å². The molecule has 1 aliphatic rings. The molecule has 1 fully saturated rings. The van der Waals surface area contributed by atoms with Crippen molar-refractivity contribution in [1.82, 2.24) is 15.5 Å². The summed E-state index contributed by atoms with van der Waals surface area (Å²) in [5.74, 6) is 2.33. The van der Waals surface area contributed by atoms with Crippen molar-refractivity contribution in [3.05, 3.63) is 23.8 Å². The molecule has 0 radical (unpaired) electrons. The first-order chi connectivity index (χ1) is 12.8. The lowest BCUT2D eigenvalue weighted by molar-refractivity contribution is 0.0389. The Bertz CT molecular complexity index is 560. The van der Waals surface area contributed by atoms with E-state index < -0.39 is 0 Å². The Kier molecular flexibility index (Phi) is 9.06. The van der Waals surface area contributed by atoms with Gasteiger partial charge in [0.2, 0.25) is 0 Å². The number of rotatable bonds is 9. The summed E-state index contributed by atoms with van der Waals surface area (Å²) in [7, 11) is 1.65. The van der Waals surface area contributed by atoms with Gasteiger partial charge >= 0.3 is 0 Å². The van der Waals surface area contributed by atoms with E-state index in [0.29, 0.717) is 13.2 Å². The van der Waals surface area contributed by atoms with Crippen molar-refractivity contribution < 1.29 is 14.2 Å². The van der Waals surface area contributed by atoms with Gasteiger partial charge in [-0.3, -0.25) is 4.90 Å². The van der Waals surface area contributed by atoms with Crippen molar-refractivity contribution in [2.45, 2.75) is 20.4 Å². The summed E-state index contributed by atoms with van der Waals surface area (Å²) in [5, 5.41) is 6.69. The summed E-state index contributed by atoms with van der Waals surface area (Å²) in [6, 6.07) is 5.93. The number of ether oxygens (including phenoxy) is 3. The molecule has 146 valence electrons. The first-order valence-corrected chi connectivity index (χ1v) is 9.38. The van der Waals surface area contributed by atoms with Crippen LogP contribution in [0.5, 0.6) is 11.5 Å². The van der Waals surface area contributed by atoms with E-state index in [-0.39, 0.29) is 0 Å². The lowest BCUT2D eigenvalue weighted by Gasteiger charge is -2.26. The Morgan fingerprint density at radius 3 is 2.69 bits per heavy atom. The maximum atomic E-state index is 5.63. The minimum Gasteiger partial charge on any atom is -0.493 e. The second-order valence-corrected chi connectivity index (χ2v) is 5.99. The number of hydrogen-bond acceptors (Lipinski definition) is 5. The molecule has 1 saturated heterocycles. The highest BCUT2D eigenvalue weighted by Gasteiger charge is 2.10. The molecule has 0 saturated carbocycles. The molecule has 0 atom stereocenters. The molecule has 0 aromatic heterocycles. The van der Waals surface area contributed by atoms with Gasteiger partial charge in [-0.05, 0) is 31.5 Å². The molecule has 0 bridgehead atoms. The van der Waals surface area contributed by atoms with Crippen LogP contribution in [0.4, 0.5) is 0 Å². The van der Waals surface area contributed by atoms with Gasteiger partial charge in [0.25, 0.3) is 0 Å². The van der Waals surface area contributed by atoms with Gasteiger partial charge in [0, 0.05) is 32.7 Å². The summed E-state index contributed by atoms with van der Waals surface area (Å²) in [4.78, 5) is 7.08. The van der Waals surface area contributed by atoms with Crippen LogP contribution in [0.1, 0.15) is 19.4 Å². The largest absolute Gasteiger partial charge is 0.493 e. The standard InChI is InChI=1S/C19H32N4O3/c1-4-20-19(21-8-9-23-10-12-25-13-11-23)22-15-16-6-7-17(24-3)18(14-16)26-5-2/h6-7,14H,4-5,8-13,15H2,1-3H3,(H2,20,21,22). The van der Waals surface area contributed by atoms with Gasteiger partial charge in [-0.15, -0.1) is 0 Å². The molecular weight excluding hydrogens is 332 g/mol. The topological polar surface area (TPSA) is 67.4 Å². The van der Waals surface area contributed by atoms with E-state index >= 15 is 0 Å². The molecule has 2 N–H and O–H groups in total. The third kappa shape index (κ3) is 6.72. The molecule has 26 heavy (non-hydrogen) atoms. The zero-order valence-electron chi connectivity index (χ0n) is 16.2. The SMILES string of the molecule is CCNC(=NCc1ccc(OC)c(OCC)c1)NCCN1CCOCC1. The van der Waals surface area contributed by atoms with E-state index in [2.05, 4.69) is 27.4 Å². The molecular formula is C19H32N4O3. The highest BCUT2D eigenvalue weighted by molar-refractivity contribution is 5.79. The summed E-state index contributed by atoms with van der Waals surface area (Å²) in [5.41, 5.74) is 1.08. The van der Waals surface area contributed by atoms with Gasteiger partial charge in [-0.2, -0.15) is 0 Å². The molecule has 0 aliphatic carbocycles. The van der Waals surface area contributed by atoms with Crippen LogP contribution >= 0.6 is 0 Å². The van der Waals surface area contributed by atoms with Crippen LogP contribution < -0.4 is 20.1 Å². The van der Waals surface area contributed by atoms with Crippen LogP contribution in [0.15, 0.2) is 23.2 Å². The van der Waals surface area contributed by atoms with Gasteiger partial charge in [0.05, 0.1) is 33.5 Å². The Morgan fingerprint density at radius 1 is 1.19 bits per heavy atom. The molecule has 0 amide bonds. The maximum Gasteiger partial charge on any atom is 0.191 e. The zero-order chi connectivity index (χ0) is 18.6. The summed E-state index contributed by atoms with van der Waals surface area (Å²) < 4.78 is 16.3. The first-order valence-electron chi connectivity index (χ1n) is 9.38. The fourth-order valence-electron chi connectivity index (χ4n) is 2.76. The number of benzene rings is 1. The zero-order valence-corrected chi connectivity index (χ0v) is 16.2. The van der Waals surface area contributed by atoms with E-state index in [0.717, 1.165) is 69.0 Å². The molecule has 2 rings (SSSR count). The molecule has 0 unspecified atom stereocenters. The third-order valence-electron chi connectivity index (χ3n) is 4.12. The van der Waals surface area contributed by atoms with E-state index in [1.165, 1.54) is 0 Å². The fraction of sp³-hybridized carbons (Fsp3) is 0.632. The Labute approximate surface area is 156 Å². The molecule has 7 heteroatoms. The number of nitrogens with zero attached hydrogens (tertiary/aromatic N) is 2. The second-order valence-electron chi connectivity index (χ2n) is 5.99. The number of nitrogens with one attached hydrogen (secondary N) is 2. The van der Waals surface area contributed by atoms with Crippen LogP contribution in [-0.2, 0) is 11.3 Å². The van der Waals surface area contributed by atoms with E-state index in [1.807, 2.05) is 25.1 Å². The highest BCUT2D eigenvalue weighted by atomic mass is 16.5. The van der Waals surface area contributed by atoms with Crippen molar-refractivity contribution in [2.24, 2.45) is 4.99 Å². The maximum absolute atomic E-state index is 5.63. The highest BCUT2D eigenvalue weighted by Crippen LogP contribution is 2.28. The summed E-state index contributed by atoms with van der Waals surface area (Å²) in [6.07, 6.45) is 0. The summed E-state index contributed by atoms with van der Waals surface area (Å²) in [6.45, 7) is 11.6. The second kappa shape index (κ2) is 11.6. The summed E-state index contributed by atoms with van der Waals surface area (Å²) >= 11 is 0. The third-order valence-corrected chi connectivity index (χ3v) is 4.12. The number of methoxy groups -OCH3 is 1. The van der Waals surface area contributed by atoms with Crippen LogP contribution in [0.2, 0.25) is 0 Å². The number of morpholine rings is 1. The minimum absolute atomic E-state index is 0.580. The van der Waals surface area contributed by atoms with E-state index in [9.17, 15) is 0 Å². The van der Waals surface area contributed by atoms with Crippen LogP contribution in [0, 0.1) is 0 Å². The van der Waals surface area contributed by atoms with Gasteiger partial charge in [-0.1, -0.05) is 6.07 Å². The monoisotopic (exact) mass is 364 g/mol.